The minimum absolute atomic E-state index is 0.193. The fourth-order valence-corrected chi connectivity index (χ4v) is 4.37. The van der Waals surface area contributed by atoms with Crippen molar-refractivity contribution in [2.24, 2.45) is 5.92 Å². The average molecular weight is 284 g/mol. The first-order valence-corrected chi connectivity index (χ1v) is 10.5. The molecule has 110 valence electrons. The van der Waals surface area contributed by atoms with Crippen molar-refractivity contribution >= 4 is 8.32 Å². The molecule has 1 aliphatic rings. The summed E-state index contributed by atoms with van der Waals surface area (Å²) >= 11 is 0. The van der Waals surface area contributed by atoms with E-state index in [-0.39, 0.29) is 6.29 Å². The first-order chi connectivity index (χ1) is 8.87. The molecule has 1 aliphatic carbocycles. The Morgan fingerprint density at radius 2 is 1.89 bits per heavy atom. The van der Waals surface area contributed by atoms with Gasteiger partial charge in [0, 0.05) is 26.6 Å². The average Bonchev–Trinajstić information content (AvgIpc) is 2.35. The summed E-state index contributed by atoms with van der Waals surface area (Å²) in [4.78, 5) is 0. The monoisotopic (exact) mass is 284 g/mol. The number of ether oxygens (including phenoxy) is 2. The van der Waals surface area contributed by atoms with Crippen LogP contribution in [0.1, 0.15) is 32.1 Å². The van der Waals surface area contributed by atoms with Crippen LogP contribution in [0.2, 0.25) is 19.6 Å². The van der Waals surface area contributed by atoms with E-state index in [0.29, 0.717) is 5.92 Å². The van der Waals surface area contributed by atoms with Gasteiger partial charge in [0.05, 0.1) is 0 Å². The third kappa shape index (κ3) is 4.61. The van der Waals surface area contributed by atoms with Gasteiger partial charge in [-0.05, 0) is 38.9 Å². The maximum absolute atomic E-state index is 6.41. The van der Waals surface area contributed by atoms with Gasteiger partial charge in [0.25, 0.3) is 0 Å². The zero-order valence-electron chi connectivity index (χ0n) is 13.0. The first kappa shape index (κ1) is 16.7. The van der Waals surface area contributed by atoms with Crippen LogP contribution in [0.3, 0.4) is 0 Å². The molecule has 19 heavy (non-hydrogen) atoms. The molecule has 1 fully saturated rings. The van der Waals surface area contributed by atoms with Gasteiger partial charge < -0.3 is 13.9 Å². The second-order valence-corrected chi connectivity index (χ2v) is 10.8. The number of rotatable bonds is 6. The van der Waals surface area contributed by atoms with Gasteiger partial charge in [-0.3, -0.25) is 0 Å². The maximum atomic E-state index is 6.41. The van der Waals surface area contributed by atoms with Crippen molar-refractivity contribution in [2.75, 3.05) is 14.2 Å². The lowest BCUT2D eigenvalue weighted by Crippen LogP contribution is -2.49. The first-order valence-electron chi connectivity index (χ1n) is 7.10. The Balaban J connectivity index is 2.87. The van der Waals surface area contributed by atoms with Gasteiger partial charge in [0.1, 0.15) is 5.60 Å². The predicted molar refractivity (Wildman–Crippen MR) is 80.4 cm³/mol. The Morgan fingerprint density at radius 3 is 2.37 bits per heavy atom. The molecule has 0 heterocycles. The normalized spacial score (nSPS) is 28.4. The van der Waals surface area contributed by atoms with Gasteiger partial charge in [-0.25, -0.2) is 0 Å². The highest BCUT2D eigenvalue weighted by Crippen LogP contribution is 2.41. The summed E-state index contributed by atoms with van der Waals surface area (Å²) in [6.45, 7) is 6.59. The van der Waals surface area contributed by atoms with Crippen molar-refractivity contribution in [3.63, 3.8) is 0 Å². The highest BCUT2D eigenvalue weighted by atomic mass is 28.4. The quantitative estimate of drug-likeness (QED) is 0.425. The van der Waals surface area contributed by atoms with Gasteiger partial charge in [0.15, 0.2) is 14.6 Å². The van der Waals surface area contributed by atoms with Crippen molar-refractivity contribution in [3.05, 3.63) is 0 Å². The molecule has 1 saturated carbocycles. The van der Waals surface area contributed by atoms with Crippen molar-refractivity contribution < 1.29 is 13.9 Å². The molecule has 3 nitrogen and oxygen atoms in total. The van der Waals surface area contributed by atoms with Gasteiger partial charge in [0.2, 0.25) is 0 Å². The third-order valence-electron chi connectivity index (χ3n) is 3.75. The second-order valence-electron chi connectivity index (χ2n) is 6.33. The molecule has 0 unspecified atom stereocenters. The summed E-state index contributed by atoms with van der Waals surface area (Å²) in [5.74, 6) is 3.30. The lowest BCUT2D eigenvalue weighted by molar-refractivity contribution is -0.130. The SMILES string of the molecule is C#C[C@]1(O[Si](C)(C)C)CCCC[C@H]1CC(OC)OC. The number of hydrogen-bond donors (Lipinski definition) is 0. The van der Waals surface area contributed by atoms with E-state index in [2.05, 4.69) is 25.6 Å². The minimum Gasteiger partial charge on any atom is -0.401 e. The molecule has 4 heteroatoms. The summed E-state index contributed by atoms with van der Waals surface area (Å²) in [6, 6.07) is 0. The highest BCUT2D eigenvalue weighted by molar-refractivity contribution is 6.69. The standard InChI is InChI=1S/C15H28O3Si/c1-7-15(18-19(4,5)6)11-9-8-10-13(15)12-14(16-2)17-3/h1,13-14H,8-12H2,2-6H3/t13-,15-/m0/s1. The summed E-state index contributed by atoms with van der Waals surface area (Å²) in [5, 5.41) is 0. The van der Waals surface area contributed by atoms with E-state index in [4.69, 9.17) is 20.3 Å². The van der Waals surface area contributed by atoms with Crippen molar-refractivity contribution in [1.29, 1.82) is 0 Å². The fraction of sp³-hybridized carbons (Fsp3) is 0.867. The van der Waals surface area contributed by atoms with E-state index in [0.717, 1.165) is 25.7 Å². The largest absolute Gasteiger partial charge is 0.401 e. The zero-order chi connectivity index (χ0) is 14.5. The molecule has 0 radical (unpaired) electrons. The molecule has 0 N–H and O–H groups in total. The molecule has 0 spiro atoms. The van der Waals surface area contributed by atoms with Gasteiger partial charge in [-0.2, -0.15) is 0 Å². The minimum atomic E-state index is -1.68. The van der Waals surface area contributed by atoms with Crippen LogP contribution in [0.4, 0.5) is 0 Å². The van der Waals surface area contributed by atoms with E-state index in [1.165, 1.54) is 6.42 Å². The van der Waals surface area contributed by atoms with Crippen LogP contribution >= 0.6 is 0 Å². The van der Waals surface area contributed by atoms with Crippen molar-refractivity contribution in [2.45, 2.75) is 63.6 Å². The third-order valence-corrected chi connectivity index (χ3v) is 4.72. The molecule has 1 rings (SSSR count). The molecule has 0 bridgehead atoms. The smallest absolute Gasteiger partial charge is 0.185 e. The van der Waals surface area contributed by atoms with Crippen LogP contribution in [0.15, 0.2) is 0 Å². The molecular formula is C15H28O3Si. The Hall–Kier alpha value is -0.343. The highest BCUT2D eigenvalue weighted by Gasteiger charge is 2.44. The molecule has 2 atom stereocenters. The predicted octanol–water partition coefficient (Wildman–Crippen LogP) is 3.41. The van der Waals surface area contributed by atoms with Crippen LogP contribution in [-0.4, -0.2) is 34.4 Å². The van der Waals surface area contributed by atoms with E-state index in [1.807, 2.05) is 0 Å². The number of methoxy groups -OCH3 is 2. The lowest BCUT2D eigenvalue weighted by Gasteiger charge is -2.44. The van der Waals surface area contributed by atoms with Crippen LogP contribution < -0.4 is 0 Å². The fourth-order valence-electron chi connectivity index (χ4n) is 2.95. The van der Waals surface area contributed by atoms with Gasteiger partial charge in [-0.15, -0.1) is 6.42 Å². The van der Waals surface area contributed by atoms with E-state index >= 15 is 0 Å². The van der Waals surface area contributed by atoms with E-state index in [1.54, 1.807) is 14.2 Å². The second kappa shape index (κ2) is 6.89. The molecule has 0 amide bonds. The molecule has 0 aromatic rings. The Morgan fingerprint density at radius 1 is 1.26 bits per heavy atom. The topological polar surface area (TPSA) is 27.7 Å². The van der Waals surface area contributed by atoms with Crippen molar-refractivity contribution in [1.82, 2.24) is 0 Å². The van der Waals surface area contributed by atoms with Gasteiger partial charge in [-0.1, -0.05) is 12.3 Å². The molecule has 0 aromatic heterocycles. The summed E-state index contributed by atoms with van der Waals surface area (Å²) in [5.41, 5.74) is -0.419. The van der Waals surface area contributed by atoms with Crippen LogP contribution in [-0.2, 0) is 13.9 Å². The maximum Gasteiger partial charge on any atom is 0.185 e. The van der Waals surface area contributed by atoms with Crippen LogP contribution in [0.5, 0.6) is 0 Å². The van der Waals surface area contributed by atoms with Crippen LogP contribution in [0.25, 0.3) is 0 Å². The van der Waals surface area contributed by atoms with Gasteiger partial charge >= 0.3 is 0 Å². The van der Waals surface area contributed by atoms with Crippen LogP contribution in [0, 0.1) is 18.3 Å². The zero-order valence-corrected chi connectivity index (χ0v) is 14.0. The molecule has 0 saturated heterocycles. The molecule has 0 aromatic carbocycles. The van der Waals surface area contributed by atoms with Crippen molar-refractivity contribution in [3.8, 4) is 12.3 Å². The lowest BCUT2D eigenvalue weighted by atomic mass is 9.74. The van der Waals surface area contributed by atoms with E-state index in [9.17, 15) is 0 Å². The summed E-state index contributed by atoms with van der Waals surface area (Å²) in [6.07, 6.45) is 10.9. The molecule has 0 aliphatic heterocycles. The van der Waals surface area contributed by atoms with E-state index < -0.39 is 13.9 Å². The Labute approximate surface area is 119 Å². The number of terminal acetylenes is 1. The molecular weight excluding hydrogens is 256 g/mol. The Kier molecular flexibility index (Phi) is 6.06. The summed E-state index contributed by atoms with van der Waals surface area (Å²) in [7, 11) is 1.67. The Bertz CT molecular complexity index is 314. The number of hydrogen-bond acceptors (Lipinski definition) is 3. The summed E-state index contributed by atoms with van der Waals surface area (Å²) < 4.78 is 17.1.